The summed E-state index contributed by atoms with van der Waals surface area (Å²) in [6.45, 7) is 8.41. The zero-order valence-electron chi connectivity index (χ0n) is 15.8. The summed E-state index contributed by atoms with van der Waals surface area (Å²) in [5.41, 5.74) is 5.34. The van der Waals surface area contributed by atoms with Crippen LogP contribution in [0.4, 0.5) is 5.69 Å². The molecule has 0 unspecified atom stereocenters. The van der Waals surface area contributed by atoms with Crippen molar-refractivity contribution in [3.05, 3.63) is 64.8 Å². The zero-order valence-corrected chi connectivity index (χ0v) is 15.8. The van der Waals surface area contributed by atoms with Gasteiger partial charge in [-0.15, -0.1) is 0 Å². The van der Waals surface area contributed by atoms with Crippen LogP contribution in [0.3, 0.4) is 0 Å². The minimum atomic E-state index is 0.0876. The number of benzene rings is 1. The maximum Gasteiger partial charge on any atom is 0.138 e. The molecule has 1 N–H and O–H groups in total. The fourth-order valence-corrected chi connectivity index (χ4v) is 3.56. The van der Waals surface area contributed by atoms with Crippen molar-refractivity contribution in [2.75, 3.05) is 24.7 Å². The predicted octanol–water partition coefficient (Wildman–Crippen LogP) is 2.31. The number of aliphatic hydroxyl groups is 1. The zero-order chi connectivity index (χ0) is 18.8. The van der Waals surface area contributed by atoms with Crippen molar-refractivity contribution >= 4 is 5.69 Å². The van der Waals surface area contributed by atoms with E-state index in [0.29, 0.717) is 6.54 Å². The monoisotopic (exact) mass is 367 g/mol. The summed E-state index contributed by atoms with van der Waals surface area (Å²) in [5, 5.41) is 17.8. The van der Waals surface area contributed by atoms with Gasteiger partial charge < -0.3 is 14.5 Å². The molecule has 1 aliphatic rings. The van der Waals surface area contributed by atoms with Gasteiger partial charge in [-0.3, -0.25) is 9.58 Å². The highest BCUT2D eigenvalue weighted by atomic mass is 16.5. The molecule has 0 saturated carbocycles. The van der Waals surface area contributed by atoms with E-state index in [0.717, 1.165) is 54.6 Å². The smallest absolute Gasteiger partial charge is 0.138 e. The molecule has 0 aliphatic carbocycles. The summed E-state index contributed by atoms with van der Waals surface area (Å²) in [5.74, 6) is 0.849. The predicted molar refractivity (Wildman–Crippen MR) is 102 cm³/mol. The van der Waals surface area contributed by atoms with Crippen LogP contribution >= 0.6 is 0 Å². The summed E-state index contributed by atoms with van der Waals surface area (Å²) >= 11 is 0. The Morgan fingerprint density at radius 2 is 2.00 bits per heavy atom. The molecule has 0 bridgehead atoms. The summed E-state index contributed by atoms with van der Waals surface area (Å²) in [6.07, 6.45) is 4.01. The number of rotatable bonds is 6. The standard InChI is InChI=1S/C20H25N5O2/c1-15-20(16(2)27-22-15)12-25-11-19(9-21-25)24-7-6-23(14-24)10-17-4-3-5-18(8-17)13-26/h3-5,8-9,11,26H,6-7,10,12-14H2,1-2H3. The maximum atomic E-state index is 9.30. The lowest BCUT2D eigenvalue weighted by atomic mass is 10.1. The Labute approximate surface area is 158 Å². The molecule has 3 heterocycles. The van der Waals surface area contributed by atoms with Crippen LogP contribution in [0, 0.1) is 13.8 Å². The first-order chi connectivity index (χ1) is 13.1. The summed E-state index contributed by atoms with van der Waals surface area (Å²) in [6, 6.07) is 8.15. The number of anilines is 1. The van der Waals surface area contributed by atoms with E-state index in [4.69, 9.17) is 4.52 Å². The van der Waals surface area contributed by atoms with Gasteiger partial charge >= 0.3 is 0 Å². The molecule has 0 atom stereocenters. The van der Waals surface area contributed by atoms with Crippen LogP contribution in [0.1, 0.15) is 28.1 Å². The fraction of sp³-hybridized carbons (Fsp3) is 0.400. The van der Waals surface area contributed by atoms with E-state index >= 15 is 0 Å². The minimum Gasteiger partial charge on any atom is -0.392 e. The third-order valence-corrected chi connectivity index (χ3v) is 5.12. The highest BCUT2D eigenvalue weighted by Crippen LogP contribution is 2.21. The van der Waals surface area contributed by atoms with Gasteiger partial charge in [0.05, 0.1) is 37.4 Å². The van der Waals surface area contributed by atoms with Gasteiger partial charge in [-0.05, 0) is 25.0 Å². The molecule has 0 amide bonds. The Bertz CT molecular complexity index is 897. The lowest BCUT2D eigenvalue weighted by Gasteiger charge is -2.18. The van der Waals surface area contributed by atoms with Crippen molar-refractivity contribution in [2.45, 2.75) is 33.5 Å². The molecular formula is C20H25N5O2. The molecule has 2 aromatic heterocycles. The van der Waals surface area contributed by atoms with Gasteiger partial charge in [-0.1, -0.05) is 29.4 Å². The van der Waals surface area contributed by atoms with Crippen LogP contribution in [-0.4, -0.2) is 44.7 Å². The fourth-order valence-electron chi connectivity index (χ4n) is 3.56. The molecule has 0 spiro atoms. The molecule has 1 saturated heterocycles. The minimum absolute atomic E-state index is 0.0876. The average Bonchev–Trinajstić information content (AvgIpc) is 3.39. The number of aromatic nitrogens is 3. The molecule has 4 rings (SSSR count). The highest BCUT2D eigenvalue weighted by Gasteiger charge is 2.21. The lowest BCUT2D eigenvalue weighted by molar-refractivity contribution is 0.281. The topological polar surface area (TPSA) is 70.6 Å². The molecule has 1 aromatic carbocycles. The molecule has 1 aliphatic heterocycles. The number of nitrogens with zero attached hydrogens (tertiary/aromatic N) is 5. The Hall–Kier alpha value is -2.64. The van der Waals surface area contributed by atoms with Crippen molar-refractivity contribution < 1.29 is 9.63 Å². The number of hydrogen-bond donors (Lipinski definition) is 1. The van der Waals surface area contributed by atoms with E-state index in [1.165, 1.54) is 5.56 Å². The van der Waals surface area contributed by atoms with Crippen molar-refractivity contribution in [1.29, 1.82) is 0 Å². The van der Waals surface area contributed by atoms with Gasteiger partial charge in [0.15, 0.2) is 0 Å². The number of aryl methyl sites for hydroxylation is 2. The van der Waals surface area contributed by atoms with Crippen LogP contribution in [0.15, 0.2) is 41.2 Å². The Morgan fingerprint density at radius 1 is 1.15 bits per heavy atom. The third-order valence-electron chi connectivity index (χ3n) is 5.12. The molecule has 142 valence electrons. The molecule has 3 aromatic rings. The van der Waals surface area contributed by atoms with Crippen molar-refractivity contribution in [1.82, 2.24) is 19.8 Å². The van der Waals surface area contributed by atoms with Crippen LogP contribution in [0.25, 0.3) is 0 Å². The van der Waals surface area contributed by atoms with Gasteiger partial charge in [0.25, 0.3) is 0 Å². The average molecular weight is 367 g/mol. The van der Waals surface area contributed by atoms with E-state index in [2.05, 4.69) is 38.4 Å². The first-order valence-corrected chi connectivity index (χ1v) is 9.22. The molecule has 7 nitrogen and oxygen atoms in total. The second kappa shape index (κ2) is 7.54. The molecular weight excluding hydrogens is 342 g/mol. The van der Waals surface area contributed by atoms with Crippen molar-refractivity contribution in [3.8, 4) is 0 Å². The quantitative estimate of drug-likeness (QED) is 0.721. The van der Waals surface area contributed by atoms with Crippen LogP contribution in [-0.2, 0) is 19.7 Å². The van der Waals surface area contributed by atoms with Crippen LogP contribution in [0.2, 0.25) is 0 Å². The largest absolute Gasteiger partial charge is 0.392 e. The maximum absolute atomic E-state index is 9.30. The van der Waals surface area contributed by atoms with Gasteiger partial charge in [0.1, 0.15) is 5.76 Å². The molecule has 0 radical (unpaired) electrons. The Balaban J connectivity index is 1.38. The van der Waals surface area contributed by atoms with Gasteiger partial charge in [-0.2, -0.15) is 5.10 Å². The first-order valence-electron chi connectivity index (χ1n) is 9.22. The highest BCUT2D eigenvalue weighted by molar-refractivity contribution is 5.43. The molecule has 1 fully saturated rings. The van der Waals surface area contributed by atoms with Gasteiger partial charge in [-0.25, -0.2) is 0 Å². The van der Waals surface area contributed by atoms with Crippen LogP contribution in [0.5, 0.6) is 0 Å². The number of aliphatic hydroxyl groups excluding tert-OH is 1. The van der Waals surface area contributed by atoms with Crippen molar-refractivity contribution in [3.63, 3.8) is 0 Å². The second-order valence-electron chi connectivity index (χ2n) is 7.13. The summed E-state index contributed by atoms with van der Waals surface area (Å²) < 4.78 is 7.18. The molecule has 27 heavy (non-hydrogen) atoms. The molecule has 7 heteroatoms. The second-order valence-corrected chi connectivity index (χ2v) is 7.13. The SMILES string of the molecule is Cc1noc(C)c1Cn1cc(N2CCN(Cc3cccc(CO)c3)C2)cn1. The normalized spacial score (nSPS) is 15.0. The van der Waals surface area contributed by atoms with E-state index in [9.17, 15) is 5.11 Å². The van der Waals surface area contributed by atoms with Crippen LogP contribution < -0.4 is 4.90 Å². The van der Waals surface area contributed by atoms with E-state index in [-0.39, 0.29) is 6.61 Å². The van der Waals surface area contributed by atoms with Gasteiger partial charge in [0.2, 0.25) is 0 Å². The van der Waals surface area contributed by atoms with E-state index in [1.807, 2.05) is 36.9 Å². The number of hydrogen-bond acceptors (Lipinski definition) is 6. The Kier molecular flexibility index (Phi) is 4.96. The van der Waals surface area contributed by atoms with Gasteiger partial charge in [0, 0.05) is 31.4 Å². The van der Waals surface area contributed by atoms with E-state index < -0.39 is 0 Å². The Morgan fingerprint density at radius 3 is 2.78 bits per heavy atom. The first kappa shape index (κ1) is 17.8. The van der Waals surface area contributed by atoms with E-state index in [1.54, 1.807) is 0 Å². The third kappa shape index (κ3) is 3.89. The van der Waals surface area contributed by atoms with Crippen molar-refractivity contribution in [2.24, 2.45) is 0 Å². The summed E-state index contributed by atoms with van der Waals surface area (Å²) in [7, 11) is 0. The lowest BCUT2D eigenvalue weighted by Crippen LogP contribution is -2.24. The summed E-state index contributed by atoms with van der Waals surface area (Å²) in [4.78, 5) is 4.74.